The molecule has 0 saturated carbocycles. The fourth-order valence-corrected chi connectivity index (χ4v) is 6.60. The Morgan fingerprint density at radius 1 is 0.703 bits per heavy atom. The second-order valence-corrected chi connectivity index (χ2v) is 10.6. The third-order valence-electron chi connectivity index (χ3n) is 8.47. The quantitative estimate of drug-likeness (QED) is 0.277. The van der Waals surface area contributed by atoms with Crippen LogP contribution in [0.1, 0.15) is 40.9 Å². The van der Waals surface area contributed by atoms with Crippen LogP contribution in [0.15, 0.2) is 127 Å². The molecule has 4 aromatic rings. The van der Waals surface area contributed by atoms with Gasteiger partial charge in [-0.2, -0.15) is 0 Å². The number of allylic oxidation sites excluding steroid dienone is 2. The smallest absolute Gasteiger partial charge is 0.173 e. The first-order chi connectivity index (χ1) is 17.9. The van der Waals surface area contributed by atoms with Crippen LogP contribution in [0.5, 0.6) is 0 Å². The van der Waals surface area contributed by atoms with Gasteiger partial charge in [0.05, 0.1) is 11.5 Å². The second-order valence-electron chi connectivity index (χ2n) is 10.6. The van der Waals surface area contributed by atoms with Crippen molar-refractivity contribution in [2.45, 2.75) is 24.8 Å². The molecule has 0 saturated heterocycles. The molecule has 37 heavy (non-hydrogen) atoms. The lowest BCUT2D eigenvalue weighted by molar-refractivity contribution is 0.0885. The van der Waals surface area contributed by atoms with Crippen molar-refractivity contribution in [2.24, 2.45) is 5.92 Å². The van der Waals surface area contributed by atoms with Gasteiger partial charge in [-0.25, -0.2) is 0 Å². The summed E-state index contributed by atoms with van der Waals surface area (Å²) in [5, 5.41) is 0. The van der Waals surface area contributed by atoms with Gasteiger partial charge in [-0.1, -0.05) is 123 Å². The minimum absolute atomic E-state index is 0.145. The highest BCUT2D eigenvalue weighted by atomic mass is 16.1. The van der Waals surface area contributed by atoms with Crippen LogP contribution >= 0.6 is 0 Å². The number of carbonyl (C=O) groups is 1. The molecule has 0 N–H and O–H groups in total. The minimum Gasteiger partial charge on any atom is -0.363 e. The average Bonchev–Trinajstić information content (AvgIpc) is 3.12. The predicted octanol–water partition coefficient (Wildman–Crippen LogP) is 7.83. The SMILES string of the molecule is CN1c2ccccc2C(C)(C)[C@@]12C=C(c1ccccc1)C=C(c1ccccc1)[C@@H]2C(=O)c1ccccc1. The predicted molar refractivity (Wildman–Crippen MR) is 154 cm³/mol. The van der Waals surface area contributed by atoms with Crippen LogP contribution in [0.25, 0.3) is 11.1 Å². The number of anilines is 1. The summed E-state index contributed by atoms with van der Waals surface area (Å²) in [5.74, 6) is -0.260. The van der Waals surface area contributed by atoms with Gasteiger partial charge in [-0.3, -0.25) is 4.79 Å². The molecule has 0 fully saturated rings. The molecule has 0 radical (unpaired) electrons. The first-order valence-corrected chi connectivity index (χ1v) is 12.9. The van der Waals surface area contributed by atoms with Gasteiger partial charge in [-0.05, 0) is 46.1 Å². The normalized spacial score (nSPS) is 21.8. The number of hydrogen-bond donors (Lipinski definition) is 0. The summed E-state index contributed by atoms with van der Waals surface area (Å²) < 4.78 is 0. The van der Waals surface area contributed by atoms with Crippen molar-refractivity contribution in [1.82, 2.24) is 0 Å². The molecule has 1 aliphatic heterocycles. The standard InChI is InChI=1S/C35H31NO/c1-34(2)30-21-13-14-22-31(30)36(3)35(34)24-28(25-15-7-4-8-16-25)23-29(26-17-9-5-10-18-26)32(35)33(37)27-19-11-6-12-20-27/h4-24,32H,1-3H3/t32-,35+/m1/s1. The first-order valence-electron chi connectivity index (χ1n) is 12.9. The first kappa shape index (κ1) is 23.2. The molecule has 182 valence electrons. The van der Waals surface area contributed by atoms with E-state index in [1.807, 2.05) is 42.5 Å². The number of ketones is 1. The number of hydrogen-bond acceptors (Lipinski definition) is 2. The summed E-state index contributed by atoms with van der Waals surface area (Å²) in [7, 11) is 2.16. The Balaban J connectivity index is 1.69. The zero-order valence-electron chi connectivity index (χ0n) is 21.6. The van der Waals surface area contributed by atoms with Crippen LogP contribution in [0, 0.1) is 5.92 Å². The molecular weight excluding hydrogens is 450 g/mol. The molecule has 1 aliphatic carbocycles. The lowest BCUT2D eigenvalue weighted by atomic mass is 9.57. The number of likely N-dealkylation sites (N-methyl/N-ethyl adjacent to an activating group) is 1. The zero-order chi connectivity index (χ0) is 25.6. The third kappa shape index (κ3) is 3.43. The monoisotopic (exact) mass is 481 g/mol. The fourth-order valence-electron chi connectivity index (χ4n) is 6.60. The highest BCUT2D eigenvalue weighted by Gasteiger charge is 2.62. The van der Waals surface area contributed by atoms with Gasteiger partial charge in [-0.15, -0.1) is 0 Å². The third-order valence-corrected chi connectivity index (χ3v) is 8.47. The Morgan fingerprint density at radius 2 is 1.24 bits per heavy atom. The van der Waals surface area contributed by atoms with E-state index in [9.17, 15) is 4.79 Å². The van der Waals surface area contributed by atoms with Gasteiger partial charge in [0.25, 0.3) is 0 Å². The van der Waals surface area contributed by atoms with Crippen LogP contribution in [-0.2, 0) is 5.41 Å². The number of para-hydroxylation sites is 1. The van der Waals surface area contributed by atoms with Gasteiger partial charge in [0, 0.05) is 23.7 Å². The Morgan fingerprint density at radius 3 is 1.86 bits per heavy atom. The van der Waals surface area contributed by atoms with E-state index in [1.54, 1.807) is 0 Å². The molecule has 0 unspecified atom stereocenters. The number of nitrogens with zero attached hydrogens (tertiary/aromatic N) is 1. The maximum Gasteiger partial charge on any atom is 0.173 e. The van der Waals surface area contributed by atoms with Crippen molar-refractivity contribution in [1.29, 1.82) is 0 Å². The molecule has 0 aromatic heterocycles. The van der Waals surface area contributed by atoms with E-state index in [-0.39, 0.29) is 11.2 Å². The van der Waals surface area contributed by atoms with Crippen LogP contribution in [0.4, 0.5) is 5.69 Å². The van der Waals surface area contributed by atoms with E-state index >= 15 is 0 Å². The van der Waals surface area contributed by atoms with Crippen LogP contribution in [0.3, 0.4) is 0 Å². The Labute approximate surface area is 219 Å². The largest absolute Gasteiger partial charge is 0.363 e. The second kappa shape index (κ2) is 8.74. The highest BCUT2D eigenvalue weighted by Crippen LogP contribution is 2.60. The van der Waals surface area contributed by atoms with E-state index in [4.69, 9.17) is 0 Å². The molecule has 1 spiro atoms. The van der Waals surface area contributed by atoms with Crippen molar-refractivity contribution >= 4 is 22.6 Å². The Bertz CT molecular complexity index is 1520. The molecule has 2 atom stereocenters. The summed E-state index contributed by atoms with van der Waals surface area (Å²) >= 11 is 0. The van der Waals surface area contributed by atoms with E-state index in [0.29, 0.717) is 0 Å². The number of rotatable bonds is 4. The summed E-state index contributed by atoms with van der Waals surface area (Å²) in [5.41, 5.74) is 6.66. The van der Waals surface area contributed by atoms with Crippen molar-refractivity contribution in [3.63, 3.8) is 0 Å². The fraction of sp³-hybridized carbons (Fsp3) is 0.171. The highest BCUT2D eigenvalue weighted by molar-refractivity contribution is 6.10. The summed E-state index contributed by atoms with van der Waals surface area (Å²) in [6.07, 6.45) is 4.62. The van der Waals surface area contributed by atoms with Crippen molar-refractivity contribution < 1.29 is 4.79 Å². The topological polar surface area (TPSA) is 20.3 Å². The minimum atomic E-state index is -0.616. The molecular formula is C35H31NO. The van der Waals surface area contributed by atoms with Gasteiger partial charge in [0.15, 0.2) is 5.78 Å². The van der Waals surface area contributed by atoms with E-state index in [2.05, 4.69) is 111 Å². The van der Waals surface area contributed by atoms with E-state index < -0.39 is 11.5 Å². The molecule has 2 heteroatoms. The van der Waals surface area contributed by atoms with Crippen LogP contribution < -0.4 is 4.90 Å². The molecule has 2 nitrogen and oxygen atoms in total. The summed E-state index contributed by atoms with van der Waals surface area (Å²) in [6.45, 7) is 4.60. The molecule has 2 aliphatic rings. The van der Waals surface area contributed by atoms with E-state index in [0.717, 1.165) is 27.8 Å². The number of carbonyl (C=O) groups excluding carboxylic acids is 1. The number of fused-ring (bicyclic) bond motifs is 1. The lowest BCUT2D eigenvalue weighted by Crippen LogP contribution is -2.61. The summed E-state index contributed by atoms with van der Waals surface area (Å²) in [4.78, 5) is 17.0. The molecule has 6 rings (SSSR count). The number of benzene rings is 4. The molecule has 4 aromatic carbocycles. The maximum atomic E-state index is 14.7. The van der Waals surface area contributed by atoms with Crippen molar-refractivity contribution in [2.75, 3.05) is 11.9 Å². The van der Waals surface area contributed by atoms with Crippen LogP contribution in [0.2, 0.25) is 0 Å². The Hall–Kier alpha value is -4.17. The zero-order valence-corrected chi connectivity index (χ0v) is 21.6. The molecule has 0 amide bonds. The van der Waals surface area contributed by atoms with Crippen molar-refractivity contribution in [3.8, 4) is 0 Å². The Kier molecular flexibility index (Phi) is 5.49. The van der Waals surface area contributed by atoms with E-state index in [1.165, 1.54) is 11.3 Å². The van der Waals surface area contributed by atoms with Gasteiger partial charge in [0.1, 0.15) is 0 Å². The molecule has 0 bridgehead atoms. The number of Topliss-reactive ketones (excluding diaryl/α,β-unsaturated/α-hetero) is 1. The summed E-state index contributed by atoms with van der Waals surface area (Å²) in [6, 6.07) is 39.3. The molecule has 1 heterocycles. The lowest BCUT2D eigenvalue weighted by Gasteiger charge is -2.52. The average molecular weight is 482 g/mol. The maximum absolute atomic E-state index is 14.7. The van der Waals surface area contributed by atoms with Gasteiger partial charge >= 0.3 is 0 Å². The van der Waals surface area contributed by atoms with Gasteiger partial charge in [0.2, 0.25) is 0 Å². The van der Waals surface area contributed by atoms with Gasteiger partial charge < -0.3 is 4.90 Å². The van der Waals surface area contributed by atoms with Crippen molar-refractivity contribution in [3.05, 3.63) is 150 Å². The van der Waals surface area contributed by atoms with Crippen LogP contribution in [-0.4, -0.2) is 18.4 Å².